The summed E-state index contributed by atoms with van der Waals surface area (Å²) < 4.78 is 10.6. The van der Waals surface area contributed by atoms with Crippen LogP contribution in [0.3, 0.4) is 0 Å². The smallest absolute Gasteiger partial charge is 0.226 e. The molecule has 21 heavy (non-hydrogen) atoms. The molecule has 1 N–H and O–H groups in total. The Hall–Kier alpha value is -2.14. The van der Waals surface area contributed by atoms with Gasteiger partial charge in [0.05, 0.1) is 12.1 Å². The van der Waals surface area contributed by atoms with Gasteiger partial charge in [0.2, 0.25) is 11.8 Å². The molecule has 0 atom stereocenters. The largest absolute Gasteiger partial charge is 0.441 e. The number of hydrogen-bond acceptors (Lipinski definition) is 4. The Morgan fingerprint density at radius 1 is 1.33 bits per heavy atom. The number of hydrogen-bond donors (Lipinski definition) is 1. The number of nitrogens with one attached hydrogen (secondary N) is 1. The van der Waals surface area contributed by atoms with Crippen molar-refractivity contribution in [1.82, 2.24) is 10.3 Å². The summed E-state index contributed by atoms with van der Waals surface area (Å²) in [6.45, 7) is 3.07. The van der Waals surface area contributed by atoms with Crippen LogP contribution in [0.4, 0.5) is 0 Å². The second kappa shape index (κ2) is 7.59. The minimum Gasteiger partial charge on any atom is -0.441 e. The lowest BCUT2D eigenvalue weighted by Gasteiger charge is -2.03. The summed E-state index contributed by atoms with van der Waals surface area (Å²) in [5.74, 6) is 1.18. The third-order valence-electron chi connectivity index (χ3n) is 3.09. The number of amides is 1. The summed E-state index contributed by atoms with van der Waals surface area (Å²) in [6.07, 6.45) is 1.03. The zero-order valence-electron chi connectivity index (χ0n) is 12.4. The maximum Gasteiger partial charge on any atom is 0.226 e. The Labute approximate surface area is 124 Å². The molecule has 1 amide bonds. The Bertz CT molecular complexity index is 578. The SMILES string of the molecule is COCCCNC(=O)Cc1nc(-c2ccccc2)oc1C. The molecule has 0 saturated heterocycles. The van der Waals surface area contributed by atoms with E-state index in [2.05, 4.69) is 10.3 Å². The molecule has 2 rings (SSSR count). The Morgan fingerprint density at radius 2 is 2.10 bits per heavy atom. The van der Waals surface area contributed by atoms with Gasteiger partial charge in [-0.2, -0.15) is 0 Å². The summed E-state index contributed by atoms with van der Waals surface area (Å²) in [5, 5.41) is 2.84. The molecule has 0 radical (unpaired) electrons. The molecule has 0 aliphatic heterocycles. The van der Waals surface area contributed by atoms with Gasteiger partial charge in [-0.15, -0.1) is 0 Å². The summed E-state index contributed by atoms with van der Waals surface area (Å²) >= 11 is 0. The average molecular weight is 288 g/mol. The highest BCUT2D eigenvalue weighted by Gasteiger charge is 2.14. The van der Waals surface area contributed by atoms with E-state index in [0.29, 0.717) is 30.5 Å². The Kier molecular flexibility index (Phi) is 5.51. The highest BCUT2D eigenvalue weighted by molar-refractivity contribution is 5.78. The van der Waals surface area contributed by atoms with Crippen molar-refractivity contribution in [1.29, 1.82) is 0 Å². The number of methoxy groups -OCH3 is 1. The van der Waals surface area contributed by atoms with E-state index in [1.807, 2.05) is 37.3 Å². The van der Waals surface area contributed by atoms with E-state index in [1.165, 1.54) is 0 Å². The summed E-state index contributed by atoms with van der Waals surface area (Å²) in [4.78, 5) is 16.3. The molecule has 5 nitrogen and oxygen atoms in total. The molecule has 2 aromatic rings. The van der Waals surface area contributed by atoms with Gasteiger partial charge in [0.15, 0.2) is 0 Å². The van der Waals surface area contributed by atoms with Crippen molar-refractivity contribution >= 4 is 5.91 Å². The van der Waals surface area contributed by atoms with E-state index in [0.717, 1.165) is 12.0 Å². The number of carbonyl (C=O) groups is 1. The van der Waals surface area contributed by atoms with Gasteiger partial charge in [-0.1, -0.05) is 18.2 Å². The van der Waals surface area contributed by atoms with E-state index in [9.17, 15) is 4.79 Å². The number of aromatic nitrogens is 1. The molecule has 1 heterocycles. The van der Waals surface area contributed by atoms with E-state index in [-0.39, 0.29) is 12.3 Å². The van der Waals surface area contributed by atoms with Crippen LogP contribution in [0.5, 0.6) is 0 Å². The first-order valence-corrected chi connectivity index (χ1v) is 6.98. The lowest BCUT2D eigenvalue weighted by molar-refractivity contribution is -0.120. The maximum atomic E-state index is 11.8. The maximum absolute atomic E-state index is 11.8. The van der Waals surface area contributed by atoms with Crippen molar-refractivity contribution in [3.05, 3.63) is 41.8 Å². The van der Waals surface area contributed by atoms with E-state index < -0.39 is 0 Å². The molecule has 0 spiro atoms. The number of aryl methyl sites for hydroxylation is 1. The molecule has 0 bridgehead atoms. The summed E-state index contributed by atoms with van der Waals surface area (Å²) in [6, 6.07) is 9.65. The first kappa shape index (κ1) is 15.3. The van der Waals surface area contributed by atoms with Gasteiger partial charge in [-0.25, -0.2) is 4.98 Å². The lowest BCUT2D eigenvalue weighted by Crippen LogP contribution is -2.27. The fraction of sp³-hybridized carbons (Fsp3) is 0.375. The zero-order valence-corrected chi connectivity index (χ0v) is 12.4. The van der Waals surface area contributed by atoms with Gasteiger partial charge in [-0.3, -0.25) is 4.79 Å². The van der Waals surface area contributed by atoms with Crippen LogP contribution in [0.1, 0.15) is 17.9 Å². The van der Waals surface area contributed by atoms with E-state index in [4.69, 9.17) is 9.15 Å². The van der Waals surface area contributed by atoms with Gasteiger partial charge < -0.3 is 14.5 Å². The second-order valence-electron chi connectivity index (χ2n) is 4.76. The van der Waals surface area contributed by atoms with E-state index >= 15 is 0 Å². The number of carbonyl (C=O) groups excluding carboxylic acids is 1. The van der Waals surface area contributed by atoms with Crippen molar-refractivity contribution in [2.24, 2.45) is 0 Å². The highest BCUT2D eigenvalue weighted by Crippen LogP contribution is 2.21. The molecule has 0 unspecified atom stereocenters. The van der Waals surface area contributed by atoms with Crippen LogP contribution in [-0.4, -0.2) is 31.2 Å². The molecule has 0 aliphatic carbocycles. The summed E-state index contributed by atoms with van der Waals surface area (Å²) in [7, 11) is 1.64. The number of oxazole rings is 1. The van der Waals surface area contributed by atoms with Gasteiger partial charge in [0.25, 0.3) is 0 Å². The quantitative estimate of drug-likeness (QED) is 0.794. The van der Waals surface area contributed by atoms with Crippen molar-refractivity contribution in [3.63, 3.8) is 0 Å². The first-order valence-electron chi connectivity index (χ1n) is 6.98. The molecule has 0 fully saturated rings. The van der Waals surface area contributed by atoms with Gasteiger partial charge in [-0.05, 0) is 25.5 Å². The van der Waals surface area contributed by atoms with Crippen LogP contribution in [-0.2, 0) is 16.0 Å². The third-order valence-corrected chi connectivity index (χ3v) is 3.09. The minimum absolute atomic E-state index is 0.0536. The molecular weight excluding hydrogens is 268 g/mol. The fourth-order valence-electron chi connectivity index (χ4n) is 1.96. The van der Waals surface area contributed by atoms with Crippen LogP contribution in [0.2, 0.25) is 0 Å². The van der Waals surface area contributed by atoms with E-state index in [1.54, 1.807) is 7.11 Å². The van der Waals surface area contributed by atoms with Gasteiger partial charge in [0.1, 0.15) is 5.76 Å². The van der Waals surface area contributed by atoms with Crippen LogP contribution < -0.4 is 5.32 Å². The molecule has 1 aromatic carbocycles. The lowest BCUT2D eigenvalue weighted by atomic mass is 10.2. The fourth-order valence-corrected chi connectivity index (χ4v) is 1.96. The second-order valence-corrected chi connectivity index (χ2v) is 4.76. The molecule has 112 valence electrons. The number of ether oxygens (including phenoxy) is 1. The van der Waals surface area contributed by atoms with Crippen molar-refractivity contribution < 1.29 is 13.9 Å². The third kappa shape index (κ3) is 4.43. The Morgan fingerprint density at radius 3 is 2.81 bits per heavy atom. The van der Waals surface area contributed by atoms with Gasteiger partial charge in [0, 0.05) is 25.8 Å². The minimum atomic E-state index is -0.0536. The molecule has 5 heteroatoms. The van der Waals surface area contributed by atoms with Crippen molar-refractivity contribution in [3.8, 4) is 11.5 Å². The first-order chi connectivity index (χ1) is 10.2. The molecule has 0 aliphatic rings. The summed E-state index contributed by atoms with van der Waals surface area (Å²) in [5.41, 5.74) is 1.59. The number of nitrogens with zero attached hydrogens (tertiary/aromatic N) is 1. The average Bonchev–Trinajstić information content (AvgIpc) is 2.86. The van der Waals surface area contributed by atoms with Crippen LogP contribution in [0.15, 0.2) is 34.7 Å². The molecule has 1 aromatic heterocycles. The number of rotatable bonds is 7. The molecular formula is C16H20N2O3. The standard InChI is InChI=1S/C16H20N2O3/c1-12-14(11-15(19)17-9-6-10-20-2)18-16(21-12)13-7-4-3-5-8-13/h3-5,7-8H,6,9-11H2,1-2H3,(H,17,19). The van der Waals surface area contributed by atoms with Crippen molar-refractivity contribution in [2.75, 3.05) is 20.3 Å². The predicted octanol–water partition coefficient (Wildman–Crippen LogP) is 2.35. The topological polar surface area (TPSA) is 64.4 Å². The normalized spacial score (nSPS) is 10.6. The van der Waals surface area contributed by atoms with Crippen LogP contribution in [0.25, 0.3) is 11.5 Å². The Balaban J connectivity index is 1.95. The van der Waals surface area contributed by atoms with Crippen molar-refractivity contribution in [2.45, 2.75) is 19.8 Å². The predicted molar refractivity (Wildman–Crippen MR) is 79.9 cm³/mol. The van der Waals surface area contributed by atoms with Crippen LogP contribution >= 0.6 is 0 Å². The highest BCUT2D eigenvalue weighted by atomic mass is 16.5. The monoisotopic (exact) mass is 288 g/mol. The van der Waals surface area contributed by atoms with Crippen LogP contribution in [0, 0.1) is 6.92 Å². The number of benzene rings is 1. The zero-order chi connectivity index (χ0) is 15.1. The van der Waals surface area contributed by atoms with Gasteiger partial charge >= 0.3 is 0 Å². The molecule has 0 saturated carbocycles.